The molecule has 0 bridgehead atoms. The molecule has 114 valence electrons. The Morgan fingerprint density at radius 1 is 1.29 bits per heavy atom. The van der Waals surface area contributed by atoms with Gasteiger partial charge in [-0.2, -0.15) is 9.57 Å². The number of piperidine rings is 1. The van der Waals surface area contributed by atoms with Crippen LogP contribution in [0.1, 0.15) is 25.3 Å². The molecule has 0 radical (unpaired) electrons. The summed E-state index contributed by atoms with van der Waals surface area (Å²) in [4.78, 5) is 0.303. The molecule has 0 unspecified atom stereocenters. The maximum atomic E-state index is 12.6. The highest BCUT2D eigenvalue weighted by Gasteiger charge is 2.34. The van der Waals surface area contributed by atoms with E-state index in [0.717, 1.165) is 18.4 Å². The van der Waals surface area contributed by atoms with Crippen LogP contribution in [-0.2, 0) is 16.4 Å². The largest absolute Gasteiger partial charge is 0.314 e. The molecule has 1 aromatic rings. The summed E-state index contributed by atoms with van der Waals surface area (Å²) in [6, 6.07) is 8.65. The molecule has 21 heavy (non-hydrogen) atoms. The van der Waals surface area contributed by atoms with Gasteiger partial charge in [0.1, 0.15) is 0 Å². The van der Waals surface area contributed by atoms with Crippen molar-refractivity contribution in [3.05, 3.63) is 29.8 Å². The standard InChI is InChI=1S/C15H21N3O2S/c1-15(17-2)8-11-18(12-9-15)21(19,20)14-5-3-13(4-6-14)7-10-16/h3-6,17H,7-9,11-12H2,1-2H3. The second kappa shape index (κ2) is 6.14. The predicted molar refractivity (Wildman–Crippen MR) is 81.2 cm³/mol. The lowest BCUT2D eigenvalue weighted by atomic mass is 9.91. The number of rotatable bonds is 4. The van der Waals surface area contributed by atoms with Crippen molar-refractivity contribution in [2.45, 2.75) is 36.6 Å². The number of nitriles is 1. The minimum Gasteiger partial charge on any atom is -0.314 e. The van der Waals surface area contributed by atoms with Crippen LogP contribution in [0.3, 0.4) is 0 Å². The number of sulfonamides is 1. The van der Waals surface area contributed by atoms with Crippen LogP contribution in [0.15, 0.2) is 29.2 Å². The fraction of sp³-hybridized carbons (Fsp3) is 0.533. The molecule has 1 heterocycles. The highest BCUT2D eigenvalue weighted by atomic mass is 32.2. The second-order valence-electron chi connectivity index (χ2n) is 5.69. The van der Waals surface area contributed by atoms with E-state index in [9.17, 15) is 8.42 Å². The summed E-state index contributed by atoms with van der Waals surface area (Å²) in [6.07, 6.45) is 1.90. The van der Waals surface area contributed by atoms with E-state index < -0.39 is 10.0 Å². The van der Waals surface area contributed by atoms with E-state index in [0.29, 0.717) is 24.4 Å². The molecule has 1 N–H and O–H groups in total. The van der Waals surface area contributed by atoms with Crippen LogP contribution in [0.25, 0.3) is 0 Å². The van der Waals surface area contributed by atoms with Gasteiger partial charge in [-0.1, -0.05) is 12.1 Å². The minimum absolute atomic E-state index is 0.0165. The van der Waals surface area contributed by atoms with E-state index in [1.54, 1.807) is 28.6 Å². The van der Waals surface area contributed by atoms with Gasteiger partial charge in [0.2, 0.25) is 10.0 Å². The molecule has 1 aromatic carbocycles. The summed E-state index contributed by atoms with van der Waals surface area (Å²) in [5.41, 5.74) is 0.848. The fourth-order valence-corrected chi connectivity index (χ4v) is 3.93. The summed E-state index contributed by atoms with van der Waals surface area (Å²) in [6.45, 7) is 3.17. The second-order valence-corrected chi connectivity index (χ2v) is 7.63. The van der Waals surface area contributed by atoms with Crippen molar-refractivity contribution in [3.8, 4) is 6.07 Å². The van der Waals surface area contributed by atoms with Crippen molar-refractivity contribution < 1.29 is 8.42 Å². The zero-order valence-corrected chi connectivity index (χ0v) is 13.3. The molecular weight excluding hydrogens is 286 g/mol. The maximum absolute atomic E-state index is 12.6. The lowest BCUT2D eigenvalue weighted by molar-refractivity contribution is 0.219. The van der Waals surface area contributed by atoms with Gasteiger partial charge in [0, 0.05) is 18.6 Å². The minimum atomic E-state index is -3.43. The molecule has 0 atom stereocenters. The Balaban J connectivity index is 2.14. The number of benzene rings is 1. The van der Waals surface area contributed by atoms with Crippen LogP contribution in [0.2, 0.25) is 0 Å². The van der Waals surface area contributed by atoms with Crippen LogP contribution in [0, 0.1) is 11.3 Å². The van der Waals surface area contributed by atoms with Gasteiger partial charge in [-0.25, -0.2) is 8.42 Å². The molecule has 0 spiro atoms. The molecule has 1 aliphatic heterocycles. The van der Waals surface area contributed by atoms with Gasteiger partial charge in [-0.15, -0.1) is 0 Å². The van der Waals surface area contributed by atoms with Gasteiger partial charge in [0.25, 0.3) is 0 Å². The molecule has 1 saturated heterocycles. The third-order valence-corrected chi connectivity index (χ3v) is 6.19. The van der Waals surface area contributed by atoms with Crippen molar-refractivity contribution in [2.75, 3.05) is 20.1 Å². The zero-order valence-electron chi connectivity index (χ0n) is 12.5. The SMILES string of the molecule is CNC1(C)CCN(S(=O)(=O)c2ccc(CC#N)cc2)CC1. The fourth-order valence-electron chi connectivity index (χ4n) is 2.49. The Labute approximate surface area is 126 Å². The average Bonchev–Trinajstić information content (AvgIpc) is 2.49. The van der Waals surface area contributed by atoms with Crippen molar-refractivity contribution in [3.63, 3.8) is 0 Å². The zero-order chi connectivity index (χ0) is 15.5. The van der Waals surface area contributed by atoms with Gasteiger partial charge < -0.3 is 5.32 Å². The summed E-state index contributed by atoms with van der Waals surface area (Å²) in [5, 5.41) is 11.9. The molecule has 0 aromatic heterocycles. The monoisotopic (exact) mass is 307 g/mol. The van der Waals surface area contributed by atoms with E-state index in [1.165, 1.54) is 0 Å². The summed E-state index contributed by atoms with van der Waals surface area (Å²) in [7, 11) is -1.51. The van der Waals surface area contributed by atoms with E-state index in [2.05, 4.69) is 18.3 Å². The van der Waals surface area contributed by atoms with Crippen molar-refractivity contribution in [1.29, 1.82) is 5.26 Å². The molecule has 6 heteroatoms. The Morgan fingerprint density at radius 3 is 2.33 bits per heavy atom. The van der Waals surface area contributed by atoms with Crippen LogP contribution in [-0.4, -0.2) is 38.4 Å². The van der Waals surface area contributed by atoms with Gasteiger partial charge in [-0.3, -0.25) is 0 Å². The Hall–Kier alpha value is -1.42. The van der Waals surface area contributed by atoms with E-state index in [-0.39, 0.29) is 5.54 Å². The molecule has 0 saturated carbocycles. The first kappa shape index (κ1) is 16.0. The van der Waals surface area contributed by atoms with Gasteiger partial charge >= 0.3 is 0 Å². The Kier molecular flexibility index (Phi) is 4.67. The number of hydrogen-bond acceptors (Lipinski definition) is 4. The number of nitrogens with zero attached hydrogens (tertiary/aromatic N) is 2. The first-order valence-electron chi connectivity index (χ1n) is 7.06. The highest BCUT2D eigenvalue weighted by molar-refractivity contribution is 7.89. The molecule has 0 aliphatic carbocycles. The Bertz CT molecular complexity index is 624. The number of nitrogens with one attached hydrogen (secondary N) is 1. The quantitative estimate of drug-likeness (QED) is 0.915. The first-order chi connectivity index (χ1) is 9.91. The summed E-state index contributed by atoms with van der Waals surface area (Å²) < 4.78 is 26.7. The maximum Gasteiger partial charge on any atom is 0.243 e. The topological polar surface area (TPSA) is 73.2 Å². The van der Waals surface area contributed by atoms with Crippen LogP contribution in [0.5, 0.6) is 0 Å². The third kappa shape index (κ3) is 3.43. The van der Waals surface area contributed by atoms with Gasteiger partial charge in [0.05, 0.1) is 17.4 Å². The predicted octanol–water partition coefficient (Wildman–Crippen LogP) is 1.52. The van der Waals surface area contributed by atoms with E-state index >= 15 is 0 Å². The molecule has 2 rings (SSSR count). The van der Waals surface area contributed by atoms with Crippen LogP contribution < -0.4 is 5.32 Å². The van der Waals surface area contributed by atoms with Crippen LogP contribution >= 0.6 is 0 Å². The van der Waals surface area contributed by atoms with E-state index in [4.69, 9.17) is 5.26 Å². The smallest absolute Gasteiger partial charge is 0.243 e. The van der Waals surface area contributed by atoms with Crippen molar-refractivity contribution in [1.82, 2.24) is 9.62 Å². The molecule has 1 aliphatic rings. The van der Waals surface area contributed by atoms with E-state index in [1.807, 2.05) is 7.05 Å². The lowest BCUT2D eigenvalue weighted by Crippen LogP contribution is -2.51. The first-order valence-corrected chi connectivity index (χ1v) is 8.50. The normalized spacial score (nSPS) is 19.1. The number of hydrogen-bond donors (Lipinski definition) is 1. The van der Waals surface area contributed by atoms with Crippen molar-refractivity contribution in [2.24, 2.45) is 0 Å². The van der Waals surface area contributed by atoms with Crippen LogP contribution in [0.4, 0.5) is 0 Å². The van der Waals surface area contributed by atoms with Crippen molar-refractivity contribution >= 4 is 10.0 Å². The molecule has 1 fully saturated rings. The molecule has 5 nitrogen and oxygen atoms in total. The third-order valence-electron chi connectivity index (χ3n) is 4.27. The summed E-state index contributed by atoms with van der Waals surface area (Å²) >= 11 is 0. The Morgan fingerprint density at radius 2 is 1.86 bits per heavy atom. The summed E-state index contributed by atoms with van der Waals surface area (Å²) in [5.74, 6) is 0. The molecular formula is C15H21N3O2S. The average molecular weight is 307 g/mol. The van der Waals surface area contributed by atoms with Gasteiger partial charge in [-0.05, 0) is 44.5 Å². The molecule has 0 amide bonds. The highest BCUT2D eigenvalue weighted by Crippen LogP contribution is 2.26. The van der Waals surface area contributed by atoms with Gasteiger partial charge in [0.15, 0.2) is 0 Å². The lowest BCUT2D eigenvalue weighted by Gasteiger charge is -2.38.